The van der Waals surface area contributed by atoms with Crippen molar-refractivity contribution in [3.63, 3.8) is 0 Å². The van der Waals surface area contributed by atoms with Crippen LogP contribution in [0.1, 0.15) is 19.6 Å². The zero-order valence-corrected chi connectivity index (χ0v) is 13.9. The molecule has 0 radical (unpaired) electrons. The Hall–Kier alpha value is -1.69. The Morgan fingerprint density at radius 1 is 1.30 bits per heavy atom. The lowest BCUT2D eigenvalue weighted by molar-refractivity contribution is 0.0392. The van der Waals surface area contributed by atoms with Crippen molar-refractivity contribution in [3.05, 3.63) is 42.2 Å². The average Bonchev–Trinajstić information content (AvgIpc) is 2.99. The van der Waals surface area contributed by atoms with Gasteiger partial charge >= 0.3 is 0 Å². The van der Waals surface area contributed by atoms with E-state index in [9.17, 15) is 5.11 Å². The van der Waals surface area contributed by atoms with Gasteiger partial charge in [0.15, 0.2) is 5.76 Å². The van der Waals surface area contributed by atoms with Crippen molar-refractivity contribution >= 4 is 0 Å². The maximum absolute atomic E-state index is 9.56. The molecule has 23 heavy (non-hydrogen) atoms. The minimum atomic E-state index is -0.272. The number of hydrogen-bond acceptors (Lipinski definition) is 5. The minimum Gasteiger partial charge on any atom is -0.392 e. The summed E-state index contributed by atoms with van der Waals surface area (Å²) in [5.41, 5.74) is 1.97. The molecule has 3 rings (SSSR count). The summed E-state index contributed by atoms with van der Waals surface area (Å²) in [6.45, 7) is 8.53. The standard InChI is InChI=1S/C18H25N3O2/c1-14-11-20(8-9-21(14)12-15(2)22)13-17-10-18(19-23-17)16-6-4-3-5-7-16/h3-7,10,14-15,22H,8-9,11-13H2,1-2H3/t14-,15+/m1/s1. The Balaban J connectivity index is 1.58. The largest absolute Gasteiger partial charge is 0.392 e. The molecule has 0 spiro atoms. The molecule has 1 aromatic heterocycles. The summed E-state index contributed by atoms with van der Waals surface area (Å²) in [6.07, 6.45) is -0.272. The van der Waals surface area contributed by atoms with Gasteiger partial charge in [0.05, 0.1) is 12.6 Å². The highest BCUT2D eigenvalue weighted by Gasteiger charge is 2.25. The van der Waals surface area contributed by atoms with Crippen LogP contribution in [0, 0.1) is 0 Å². The first-order valence-corrected chi connectivity index (χ1v) is 8.27. The SMILES string of the molecule is C[C@H](O)CN1CCN(Cc2cc(-c3ccccc3)no2)C[C@H]1C. The van der Waals surface area contributed by atoms with Gasteiger partial charge in [-0.25, -0.2) is 0 Å². The molecule has 1 aliphatic heterocycles. The van der Waals surface area contributed by atoms with E-state index >= 15 is 0 Å². The molecule has 0 unspecified atom stereocenters. The number of β-amino-alcohol motifs (C(OH)–C–C–N with tert-alkyl or cyclic N) is 1. The highest BCUT2D eigenvalue weighted by molar-refractivity contribution is 5.58. The van der Waals surface area contributed by atoms with Gasteiger partial charge in [0.25, 0.3) is 0 Å². The van der Waals surface area contributed by atoms with E-state index in [1.165, 1.54) is 0 Å². The van der Waals surface area contributed by atoms with E-state index in [2.05, 4.69) is 21.9 Å². The van der Waals surface area contributed by atoms with Gasteiger partial charge in [-0.2, -0.15) is 0 Å². The number of rotatable bonds is 5. The van der Waals surface area contributed by atoms with Gasteiger partial charge in [0.1, 0.15) is 5.69 Å². The first-order valence-electron chi connectivity index (χ1n) is 8.27. The Morgan fingerprint density at radius 3 is 2.78 bits per heavy atom. The summed E-state index contributed by atoms with van der Waals surface area (Å²) < 4.78 is 5.50. The van der Waals surface area contributed by atoms with Gasteiger partial charge in [-0.1, -0.05) is 35.5 Å². The summed E-state index contributed by atoms with van der Waals surface area (Å²) in [6, 6.07) is 12.6. The molecule has 1 saturated heterocycles. The third-order valence-electron chi connectivity index (χ3n) is 4.36. The predicted octanol–water partition coefficient (Wildman–Crippen LogP) is 2.23. The second kappa shape index (κ2) is 7.25. The van der Waals surface area contributed by atoms with E-state index in [0.717, 1.165) is 49.7 Å². The lowest BCUT2D eigenvalue weighted by Gasteiger charge is -2.40. The van der Waals surface area contributed by atoms with Gasteiger partial charge in [-0.05, 0) is 13.8 Å². The van der Waals surface area contributed by atoms with E-state index in [1.54, 1.807) is 0 Å². The summed E-state index contributed by atoms with van der Waals surface area (Å²) in [5.74, 6) is 0.903. The molecule has 124 valence electrons. The third kappa shape index (κ3) is 4.19. The van der Waals surface area contributed by atoms with E-state index in [1.807, 2.05) is 43.3 Å². The molecule has 5 nitrogen and oxygen atoms in total. The number of aromatic nitrogens is 1. The quantitative estimate of drug-likeness (QED) is 0.917. The van der Waals surface area contributed by atoms with Crippen LogP contribution in [0.15, 0.2) is 40.9 Å². The zero-order valence-electron chi connectivity index (χ0n) is 13.9. The first-order chi connectivity index (χ1) is 11.1. The average molecular weight is 315 g/mol. The number of aliphatic hydroxyl groups is 1. The lowest BCUT2D eigenvalue weighted by Crippen LogP contribution is -2.53. The van der Waals surface area contributed by atoms with E-state index in [0.29, 0.717) is 6.04 Å². The Labute approximate surface area is 137 Å². The van der Waals surface area contributed by atoms with Crippen LogP contribution >= 0.6 is 0 Å². The Kier molecular flexibility index (Phi) is 5.10. The van der Waals surface area contributed by atoms with Crippen LogP contribution in [0.25, 0.3) is 11.3 Å². The maximum atomic E-state index is 9.56. The third-order valence-corrected chi connectivity index (χ3v) is 4.36. The minimum absolute atomic E-state index is 0.272. The molecule has 1 aliphatic rings. The topological polar surface area (TPSA) is 52.7 Å². The van der Waals surface area contributed by atoms with Crippen molar-refractivity contribution in [2.24, 2.45) is 0 Å². The molecular weight excluding hydrogens is 290 g/mol. The van der Waals surface area contributed by atoms with Gasteiger partial charge in [0.2, 0.25) is 0 Å². The van der Waals surface area contributed by atoms with E-state index in [4.69, 9.17) is 4.52 Å². The van der Waals surface area contributed by atoms with Crippen molar-refractivity contribution in [1.29, 1.82) is 0 Å². The second-order valence-electron chi connectivity index (χ2n) is 6.47. The fourth-order valence-corrected chi connectivity index (χ4v) is 3.18. The van der Waals surface area contributed by atoms with Crippen molar-refractivity contribution in [1.82, 2.24) is 15.0 Å². The molecule has 0 saturated carbocycles. The van der Waals surface area contributed by atoms with Crippen molar-refractivity contribution in [2.45, 2.75) is 32.5 Å². The van der Waals surface area contributed by atoms with E-state index < -0.39 is 0 Å². The molecule has 1 fully saturated rings. The maximum Gasteiger partial charge on any atom is 0.151 e. The molecule has 0 aliphatic carbocycles. The normalized spacial score (nSPS) is 21.4. The fourth-order valence-electron chi connectivity index (χ4n) is 3.18. The number of benzene rings is 1. The Bertz CT molecular complexity index is 612. The van der Waals surface area contributed by atoms with Crippen LogP contribution in [0.5, 0.6) is 0 Å². The highest BCUT2D eigenvalue weighted by Crippen LogP contribution is 2.20. The van der Waals surface area contributed by atoms with Crippen LogP contribution < -0.4 is 0 Å². The number of nitrogens with zero attached hydrogens (tertiary/aromatic N) is 3. The highest BCUT2D eigenvalue weighted by atomic mass is 16.5. The monoisotopic (exact) mass is 315 g/mol. The zero-order chi connectivity index (χ0) is 16.2. The predicted molar refractivity (Wildman–Crippen MR) is 89.9 cm³/mol. The van der Waals surface area contributed by atoms with E-state index in [-0.39, 0.29) is 6.10 Å². The van der Waals surface area contributed by atoms with Gasteiger partial charge in [0, 0.05) is 43.9 Å². The summed E-state index contributed by atoms with van der Waals surface area (Å²) in [5, 5.41) is 13.7. The fraction of sp³-hybridized carbons (Fsp3) is 0.500. The van der Waals surface area contributed by atoms with Crippen molar-refractivity contribution in [3.8, 4) is 11.3 Å². The molecule has 2 heterocycles. The van der Waals surface area contributed by atoms with Gasteiger partial charge in [-0.15, -0.1) is 0 Å². The van der Waals surface area contributed by atoms with Crippen LogP contribution in [-0.2, 0) is 6.54 Å². The second-order valence-corrected chi connectivity index (χ2v) is 6.47. The first kappa shape index (κ1) is 16.2. The number of piperazine rings is 1. The molecule has 2 atom stereocenters. The smallest absolute Gasteiger partial charge is 0.151 e. The number of hydrogen-bond donors (Lipinski definition) is 1. The van der Waals surface area contributed by atoms with Crippen LogP contribution in [0.4, 0.5) is 0 Å². The summed E-state index contributed by atoms with van der Waals surface area (Å²) in [4.78, 5) is 4.73. The molecule has 5 heteroatoms. The lowest BCUT2D eigenvalue weighted by atomic mass is 10.1. The molecule has 2 aromatic rings. The molecule has 0 bridgehead atoms. The van der Waals surface area contributed by atoms with Crippen molar-refractivity contribution in [2.75, 3.05) is 26.2 Å². The molecular formula is C18H25N3O2. The van der Waals surface area contributed by atoms with Crippen LogP contribution in [0.3, 0.4) is 0 Å². The van der Waals surface area contributed by atoms with Crippen molar-refractivity contribution < 1.29 is 9.63 Å². The Morgan fingerprint density at radius 2 is 2.09 bits per heavy atom. The van der Waals surface area contributed by atoms with Gasteiger partial charge in [-0.3, -0.25) is 9.80 Å². The van der Waals surface area contributed by atoms with Crippen LogP contribution in [0.2, 0.25) is 0 Å². The molecule has 0 amide bonds. The molecule has 1 aromatic carbocycles. The van der Waals surface area contributed by atoms with Crippen LogP contribution in [-0.4, -0.2) is 58.4 Å². The summed E-state index contributed by atoms with van der Waals surface area (Å²) >= 11 is 0. The molecule has 1 N–H and O–H groups in total. The number of aliphatic hydroxyl groups excluding tert-OH is 1. The summed E-state index contributed by atoms with van der Waals surface area (Å²) in [7, 11) is 0. The van der Waals surface area contributed by atoms with Gasteiger partial charge < -0.3 is 9.63 Å².